The van der Waals surface area contributed by atoms with Crippen LogP contribution >= 0.6 is 11.8 Å². The summed E-state index contributed by atoms with van der Waals surface area (Å²) in [6, 6.07) is 4.06. The van der Waals surface area contributed by atoms with E-state index in [2.05, 4.69) is 31.5 Å². The van der Waals surface area contributed by atoms with Gasteiger partial charge in [0.2, 0.25) is 17.7 Å². The summed E-state index contributed by atoms with van der Waals surface area (Å²) >= 11 is 1.47. The summed E-state index contributed by atoms with van der Waals surface area (Å²) in [5, 5.41) is 11.1. The Bertz CT molecular complexity index is 836. The molecule has 0 unspecified atom stereocenters. The zero-order chi connectivity index (χ0) is 21.7. The molecule has 2 aromatic rings. The number of aromatic nitrogens is 3. The van der Waals surface area contributed by atoms with Crippen molar-refractivity contribution in [3.63, 3.8) is 0 Å². The number of amides is 1. The molecule has 0 bridgehead atoms. The number of nitrogens with zero attached hydrogens (tertiary/aromatic N) is 4. The topological polar surface area (TPSA) is 93.4 Å². The lowest BCUT2D eigenvalue weighted by molar-refractivity contribution is -0.120. The average molecular weight is 446 g/mol. The predicted molar refractivity (Wildman–Crippen MR) is 120 cm³/mol. The van der Waals surface area contributed by atoms with Gasteiger partial charge in [0.25, 0.3) is 5.22 Å². The molecule has 0 aliphatic carbocycles. The number of piperidine rings is 1. The van der Waals surface area contributed by atoms with Crippen molar-refractivity contribution in [1.29, 1.82) is 0 Å². The zero-order valence-electron chi connectivity index (χ0n) is 18.1. The smallest absolute Gasteiger partial charge is 0.276 e. The van der Waals surface area contributed by atoms with Gasteiger partial charge >= 0.3 is 0 Å². The fourth-order valence-electron chi connectivity index (χ4n) is 3.28. The van der Waals surface area contributed by atoms with Crippen LogP contribution in [0.4, 0.5) is 0 Å². The van der Waals surface area contributed by atoms with E-state index < -0.39 is 0 Å². The maximum atomic E-state index is 11.9. The monoisotopic (exact) mass is 445 g/mol. The Hall–Kier alpha value is -2.39. The number of nitrogens with one attached hydrogen (secondary N) is 1. The average Bonchev–Trinajstić information content (AvgIpc) is 3.20. The highest BCUT2D eigenvalue weighted by Gasteiger charge is 2.11. The van der Waals surface area contributed by atoms with Crippen LogP contribution in [0.15, 0.2) is 40.1 Å². The molecule has 1 N–H and O–H groups in total. The van der Waals surface area contributed by atoms with Gasteiger partial charge in [0.15, 0.2) is 0 Å². The highest BCUT2D eigenvalue weighted by Crippen LogP contribution is 2.17. The van der Waals surface area contributed by atoms with Crippen molar-refractivity contribution < 1.29 is 13.9 Å². The van der Waals surface area contributed by atoms with E-state index in [9.17, 15) is 4.79 Å². The number of pyridine rings is 1. The molecule has 0 aromatic carbocycles. The molecule has 1 amide bonds. The van der Waals surface area contributed by atoms with Gasteiger partial charge in [0.05, 0.1) is 0 Å². The largest absolute Gasteiger partial charge is 0.473 e. The Kier molecular flexibility index (Phi) is 9.85. The zero-order valence-corrected chi connectivity index (χ0v) is 18.9. The highest BCUT2D eigenvalue weighted by molar-refractivity contribution is 7.99. The lowest BCUT2D eigenvalue weighted by Gasteiger charge is -2.26. The Morgan fingerprint density at radius 2 is 2.16 bits per heavy atom. The first-order chi connectivity index (χ1) is 15.2. The van der Waals surface area contributed by atoms with Crippen LogP contribution in [-0.4, -0.2) is 58.0 Å². The summed E-state index contributed by atoms with van der Waals surface area (Å²) in [5.74, 6) is 1.98. The number of ether oxygens (including phenoxy) is 1. The molecule has 0 spiro atoms. The molecule has 0 atom stereocenters. The molecule has 1 fully saturated rings. The van der Waals surface area contributed by atoms with Gasteiger partial charge in [0.1, 0.15) is 6.61 Å². The van der Waals surface area contributed by atoms with Crippen LogP contribution in [0.1, 0.15) is 43.6 Å². The van der Waals surface area contributed by atoms with Crippen LogP contribution in [0, 0.1) is 6.92 Å². The molecule has 9 heteroatoms. The second kappa shape index (κ2) is 13.1. The van der Waals surface area contributed by atoms with Gasteiger partial charge in [-0.05, 0) is 50.1 Å². The molecule has 0 radical (unpaired) electrons. The fourth-order valence-corrected chi connectivity index (χ4v) is 4.02. The molecule has 2 aromatic heterocycles. The molecule has 1 aliphatic heterocycles. The van der Waals surface area contributed by atoms with Crippen LogP contribution in [-0.2, 0) is 11.3 Å². The number of hydrogen-bond acceptors (Lipinski definition) is 8. The molecule has 3 rings (SSSR count). The standard InChI is InChI=1S/C22H31N5O3S/c1-18-25-26-22(30-18)31-15-7-8-20(28)23-10-3-6-14-29-21-16-19(9-11-24-21)17-27-12-4-2-5-13-27/h3,6,9,11,16H,2,4-5,7-8,10,12-15,17H2,1H3,(H,23,28). The van der Waals surface area contributed by atoms with E-state index in [1.54, 1.807) is 13.1 Å². The van der Waals surface area contributed by atoms with Crippen LogP contribution in [0.3, 0.4) is 0 Å². The van der Waals surface area contributed by atoms with Gasteiger partial charge in [-0.15, -0.1) is 10.2 Å². The van der Waals surface area contributed by atoms with Gasteiger partial charge in [-0.25, -0.2) is 4.98 Å². The molecule has 3 heterocycles. The van der Waals surface area contributed by atoms with E-state index in [0.717, 1.165) is 18.7 Å². The second-order valence-corrected chi connectivity index (χ2v) is 8.51. The number of aryl methyl sites for hydroxylation is 1. The molecule has 31 heavy (non-hydrogen) atoms. The van der Waals surface area contributed by atoms with E-state index in [1.807, 2.05) is 18.2 Å². The van der Waals surface area contributed by atoms with Crippen LogP contribution in [0.2, 0.25) is 0 Å². The molecule has 1 aliphatic rings. The number of carbonyl (C=O) groups is 1. The van der Waals surface area contributed by atoms with Gasteiger partial charge in [-0.3, -0.25) is 9.69 Å². The molecular weight excluding hydrogens is 414 g/mol. The first-order valence-electron chi connectivity index (χ1n) is 10.8. The van der Waals surface area contributed by atoms with E-state index in [1.165, 1.54) is 49.7 Å². The van der Waals surface area contributed by atoms with Crippen molar-refractivity contribution in [2.45, 2.75) is 50.8 Å². The third-order valence-electron chi connectivity index (χ3n) is 4.85. The summed E-state index contributed by atoms with van der Waals surface area (Å²) in [6.07, 6.45) is 10.7. The van der Waals surface area contributed by atoms with E-state index >= 15 is 0 Å². The van der Waals surface area contributed by atoms with E-state index in [4.69, 9.17) is 9.15 Å². The molecule has 168 valence electrons. The third kappa shape index (κ3) is 9.10. The predicted octanol–water partition coefficient (Wildman–Crippen LogP) is 3.38. The number of hydrogen-bond donors (Lipinski definition) is 1. The molecule has 8 nitrogen and oxygen atoms in total. The first-order valence-corrected chi connectivity index (χ1v) is 11.8. The van der Waals surface area contributed by atoms with Crippen molar-refractivity contribution in [1.82, 2.24) is 25.4 Å². The number of thioether (sulfide) groups is 1. The highest BCUT2D eigenvalue weighted by atomic mass is 32.2. The van der Waals surface area contributed by atoms with E-state index in [-0.39, 0.29) is 5.91 Å². The lowest BCUT2D eigenvalue weighted by Crippen LogP contribution is -2.29. The summed E-state index contributed by atoms with van der Waals surface area (Å²) in [4.78, 5) is 18.6. The van der Waals surface area contributed by atoms with Crippen molar-refractivity contribution in [2.75, 3.05) is 32.0 Å². The number of rotatable bonds is 12. The maximum absolute atomic E-state index is 11.9. The van der Waals surface area contributed by atoms with Gasteiger partial charge in [0, 0.05) is 44.5 Å². The molecule has 1 saturated heterocycles. The quantitative estimate of drug-likeness (QED) is 0.302. The van der Waals surface area contributed by atoms with Crippen molar-refractivity contribution >= 4 is 17.7 Å². The Morgan fingerprint density at radius 1 is 1.29 bits per heavy atom. The minimum atomic E-state index is 0.0277. The Labute approximate surface area is 187 Å². The number of likely N-dealkylation sites (tertiary alicyclic amines) is 1. The second-order valence-electron chi connectivity index (χ2n) is 7.46. The summed E-state index contributed by atoms with van der Waals surface area (Å²) < 4.78 is 11.0. The summed E-state index contributed by atoms with van der Waals surface area (Å²) in [7, 11) is 0. The third-order valence-corrected chi connectivity index (χ3v) is 5.75. The Balaban J connectivity index is 1.24. The van der Waals surface area contributed by atoms with Gasteiger partial charge in [-0.1, -0.05) is 24.3 Å². The summed E-state index contributed by atoms with van der Waals surface area (Å²) in [6.45, 7) is 5.96. The lowest BCUT2D eigenvalue weighted by atomic mass is 10.1. The minimum absolute atomic E-state index is 0.0277. The van der Waals surface area contributed by atoms with Crippen molar-refractivity contribution in [3.05, 3.63) is 41.9 Å². The molecule has 0 saturated carbocycles. The Morgan fingerprint density at radius 3 is 2.97 bits per heavy atom. The molecular formula is C22H31N5O3S. The number of carbonyl (C=O) groups excluding carboxylic acids is 1. The normalized spacial score (nSPS) is 14.7. The van der Waals surface area contributed by atoms with Crippen molar-refractivity contribution in [2.24, 2.45) is 0 Å². The SMILES string of the molecule is Cc1nnc(SCCCC(=O)NCC=CCOc2cc(CN3CCCCC3)ccn2)o1. The maximum Gasteiger partial charge on any atom is 0.276 e. The fraction of sp³-hybridized carbons (Fsp3) is 0.545. The van der Waals surface area contributed by atoms with Crippen LogP contribution < -0.4 is 10.1 Å². The van der Waals surface area contributed by atoms with Crippen molar-refractivity contribution in [3.8, 4) is 5.88 Å². The minimum Gasteiger partial charge on any atom is -0.473 e. The van der Waals surface area contributed by atoms with Gasteiger partial charge < -0.3 is 14.5 Å². The van der Waals surface area contributed by atoms with Gasteiger partial charge in [-0.2, -0.15) is 0 Å². The van der Waals surface area contributed by atoms with E-state index in [0.29, 0.717) is 36.6 Å². The first kappa shape index (κ1) is 23.3. The van der Waals surface area contributed by atoms with Crippen LogP contribution in [0.5, 0.6) is 5.88 Å². The summed E-state index contributed by atoms with van der Waals surface area (Å²) in [5.41, 5.74) is 1.23. The van der Waals surface area contributed by atoms with Crippen LogP contribution in [0.25, 0.3) is 0 Å².